The molecule has 0 amide bonds. The third-order valence-corrected chi connectivity index (χ3v) is 5.42. The highest BCUT2D eigenvalue weighted by Gasteiger charge is 2.32. The number of fused-ring (bicyclic) bond motifs is 2. The Hall–Kier alpha value is -1.87. The maximum atomic E-state index is 5.77. The smallest absolute Gasteiger partial charge is 0.124 e. The minimum absolute atomic E-state index is 0.575. The SMILES string of the molecule is Nc1cccc(-c2ccc(CCN3CC4CCC(C4)C3)cc2)n1. The molecule has 1 aliphatic heterocycles. The Morgan fingerprint density at radius 3 is 2.43 bits per heavy atom. The number of nitrogen functional groups attached to an aromatic ring is 1. The molecule has 0 spiro atoms. The molecule has 3 nitrogen and oxygen atoms in total. The number of anilines is 1. The topological polar surface area (TPSA) is 42.1 Å². The second kappa shape index (κ2) is 6.32. The van der Waals surface area contributed by atoms with Gasteiger partial charge in [-0.1, -0.05) is 30.3 Å². The van der Waals surface area contributed by atoms with Gasteiger partial charge < -0.3 is 10.6 Å². The third kappa shape index (κ3) is 3.40. The van der Waals surface area contributed by atoms with Gasteiger partial charge in [-0.25, -0.2) is 4.98 Å². The zero-order valence-corrected chi connectivity index (χ0v) is 13.6. The van der Waals surface area contributed by atoms with E-state index in [-0.39, 0.29) is 0 Å². The summed E-state index contributed by atoms with van der Waals surface area (Å²) >= 11 is 0. The molecule has 1 saturated carbocycles. The second-order valence-corrected chi connectivity index (χ2v) is 7.20. The fraction of sp³-hybridized carbons (Fsp3) is 0.450. The van der Waals surface area contributed by atoms with Crippen molar-refractivity contribution in [3.63, 3.8) is 0 Å². The number of aromatic nitrogens is 1. The number of nitrogens with zero attached hydrogens (tertiary/aromatic N) is 2. The van der Waals surface area contributed by atoms with Gasteiger partial charge in [-0.2, -0.15) is 0 Å². The number of piperidine rings is 1. The van der Waals surface area contributed by atoms with Crippen LogP contribution in [0.15, 0.2) is 42.5 Å². The van der Waals surface area contributed by atoms with E-state index >= 15 is 0 Å². The first-order valence-corrected chi connectivity index (χ1v) is 8.80. The van der Waals surface area contributed by atoms with Crippen LogP contribution in [0, 0.1) is 11.8 Å². The number of benzene rings is 1. The summed E-state index contributed by atoms with van der Waals surface area (Å²) in [7, 11) is 0. The van der Waals surface area contributed by atoms with Crippen LogP contribution in [-0.2, 0) is 6.42 Å². The normalized spacial score (nSPS) is 24.0. The van der Waals surface area contributed by atoms with Crippen molar-refractivity contribution in [1.29, 1.82) is 0 Å². The van der Waals surface area contributed by atoms with Gasteiger partial charge in [-0.05, 0) is 55.2 Å². The number of nitrogens with two attached hydrogens (primary N) is 1. The molecule has 2 bridgehead atoms. The van der Waals surface area contributed by atoms with Crippen molar-refractivity contribution in [2.45, 2.75) is 25.7 Å². The zero-order valence-electron chi connectivity index (χ0n) is 13.6. The predicted molar refractivity (Wildman–Crippen MR) is 95.1 cm³/mol. The molecule has 3 heteroatoms. The summed E-state index contributed by atoms with van der Waals surface area (Å²) in [6, 6.07) is 14.6. The van der Waals surface area contributed by atoms with E-state index < -0.39 is 0 Å². The minimum Gasteiger partial charge on any atom is -0.384 e. The van der Waals surface area contributed by atoms with E-state index in [0.717, 1.165) is 29.5 Å². The summed E-state index contributed by atoms with van der Waals surface area (Å²) in [6.45, 7) is 3.84. The molecule has 2 fully saturated rings. The molecule has 1 aromatic heterocycles. The van der Waals surface area contributed by atoms with Crippen LogP contribution in [0.3, 0.4) is 0 Å². The predicted octanol–water partition coefficient (Wildman–Crippen LogP) is 3.61. The Morgan fingerprint density at radius 2 is 1.74 bits per heavy atom. The van der Waals surface area contributed by atoms with Crippen LogP contribution < -0.4 is 5.73 Å². The van der Waals surface area contributed by atoms with Gasteiger partial charge in [0.2, 0.25) is 0 Å². The highest BCUT2D eigenvalue weighted by Crippen LogP contribution is 2.36. The van der Waals surface area contributed by atoms with Crippen LogP contribution >= 0.6 is 0 Å². The third-order valence-electron chi connectivity index (χ3n) is 5.42. The molecule has 0 radical (unpaired) electrons. The number of likely N-dealkylation sites (tertiary alicyclic amines) is 1. The number of pyridine rings is 1. The van der Waals surface area contributed by atoms with Crippen molar-refractivity contribution in [2.24, 2.45) is 11.8 Å². The van der Waals surface area contributed by atoms with E-state index in [2.05, 4.69) is 34.1 Å². The Kier molecular flexibility index (Phi) is 4.04. The molecule has 1 aliphatic carbocycles. The number of rotatable bonds is 4. The summed E-state index contributed by atoms with van der Waals surface area (Å²) < 4.78 is 0. The van der Waals surface area contributed by atoms with E-state index in [1.807, 2.05) is 18.2 Å². The quantitative estimate of drug-likeness (QED) is 0.938. The van der Waals surface area contributed by atoms with Gasteiger partial charge in [0, 0.05) is 25.2 Å². The van der Waals surface area contributed by atoms with Gasteiger partial charge in [0.25, 0.3) is 0 Å². The standard InChI is InChI=1S/C20H25N3/c21-20-3-1-2-19(22-20)18-8-6-15(7-9-18)10-11-23-13-16-4-5-17(12-16)14-23/h1-3,6-9,16-17H,4-5,10-14H2,(H2,21,22). The molecular weight excluding hydrogens is 282 g/mol. The van der Waals surface area contributed by atoms with E-state index in [1.165, 1.54) is 44.5 Å². The van der Waals surface area contributed by atoms with Crippen LogP contribution in [0.1, 0.15) is 24.8 Å². The molecule has 23 heavy (non-hydrogen) atoms. The molecular formula is C20H25N3. The van der Waals surface area contributed by atoms with Crippen LogP contribution in [0.5, 0.6) is 0 Å². The maximum absolute atomic E-state index is 5.77. The van der Waals surface area contributed by atoms with Gasteiger partial charge >= 0.3 is 0 Å². The lowest BCUT2D eigenvalue weighted by Gasteiger charge is -2.31. The molecule has 1 saturated heterocycles. The summed E-state index contributed by atoms with van der Waals surface area (Å²) in [5.41, 5.74) is 9.26. The molecule has 2 aliphatic rings. The van der Waals surface area contributed by atoms with Gasteiger partial charge in [0.1, 0.15) is 5.82 Å². The van der Waals surface area contributed by atoms with Gasteiger partial charge in [-0.15, -0.1) is 0 Å². The molecule has 120 valence electrons. The lowest BCUT2D eigenvalue weighted by molar-refractivity contribution is 0.170. The molecule has 2 aromatic rings. The average molecular weight is 307 g/mol. The van der Waals surface area contributed by atoms with Crippen LogP contribution in [0.25, 0.3) is 11.3 Å². The van der Waals surface area contributed by atoms with Crippen molar-refractivity contribution < 1.29 is 0 Å². The van der Waals surface area contributed by atoms with Gasteiger partial charge in [0.05, 0.1) is 5.69 Å². The van der Waals surface area contributed by atoms with Gasteiger partial charge in [0.15, 0.2) is 0 Å². The second-order valence-electron chi connectivity index (χ2n) is 7.20. The first-order chi connectivity index (χ1) is 11.3. The van der Waals surface area contributed by atoms with E-state index in [9.17, 15) is 0 Å². The summed E-state index contributed by atoms with van der Waals surface area (Å²) in [6.07, 6.45) is 5.55. The molecule has 2 atom stereocenters. The first-order valence-electron chi connectivity index (χ1n) is 8.80. The fourth-order valence-electron chi connectivity index (χ4n) is 4.24. The first kappa shape index (κ1) is 14.7. The Balaban J connectivity index is 1.37. The Labute approximate surface area is 138 Å². The number of hydrogen-bond donors (Lipinski definition) is 1. The molecule has 1 aromatic carbocycles. The number of hydrogen-bond acceptors (Lipinski definition) is 3. The summed E-state index contributed by atoms with van der Waals surface area (Å²) in [4.78, 5) is 7.07. The maximum Gasteiger partial charge on any atom is 0.124 e. The molecule has 2 unspecified atom stereocenters. The van der Waals surface area contributed by atoms with Crippen LogP contribution in [0.4, 0.5) is 5.82 Å². The van der Waals surface area contributed by atoms with Crippen LogP contribution in [-0.4, -0.2) is 29.5 Å². The van der Waals surface area contributed by atoms with Crippen molar-refractivity contribution in [3.05, 3.63) is 48.0 Å². The van der Waals surface area contributed by atoms with E-state index in [0.29, 0.717) is 5.82 Å². The zero-order chi connectivity index (χ0) is 15.6. The minimum atomic E-state index is 0.575. The Bertz CT molecular complexity index is 653. The highest BCUT2D eigenvalue weighted by molar-refractivity contribution is 5.61. The largest absolute Gasteiger partial charge is 0.384 e. The van der Waals surface area contributed by atoms with Crippen molar-refractivity contribution >= 4 is 5.82 Å². The highest BCUT2D eigenvalue weighted by atomic mass is 15.1. The molecule has 4 rings (SSSR count). The fourth-order valence-corrected chi connectivity index (χ4v) is 4.24. The van der Waals surface area contributed by atoms with Gasteiger partial charge in [-0.3, -0.25) is 0 Å². The lowest BCUT2D eigenvalue weighted by atomic mass is 9.98. The summed E-state index contributed by atoms with van der Waals surface area (Å²) in [5, 5.41) is 0. The Morgan fingerprint density at radius 1 is 1.00 bits per heavy atom. The van der Waals surface area contributed by atoms with E-state index in [1.54, 1.807) is 0 Å². The van der Waals surface area contributed by atoms with Crippen molar-refractivity contribution in [3.8, 4) is 11.3 Å². The van der Waals surface area contributed by atoms with E-state index in [4.69, 9.17) is 5.73 Å². The monoisotopic (exact) mass is 307 g/mol. The lowest BCUT2D eigenvalue weighted by Crippen LogP contribution is -2.37. The summed E-state index contributed by atoms with van der Waals surface area (Å²) in [5.74, 6) is 2.53. The van der Waals surface area contributed by atoms with Crippen LogP contribution in [0.2, 0.25) is 0 Å². The molecule has 2 heterocycles. The van der Waals surface area contributed by atoms with Crippen molar-refractivity contribution in [2.75, 3.05) is 25.4 Å². The molecule has 2 N–H and O–H groups in total. The average Bonchev–Trinajstić information content (AvgIpc) is 2.92. The van der Waals surface area contributed by atoms with Crippen molar-refractivity contribution in [1.82, 2.24) is 9.88 Å².